The summed E-state index contributed by atoms with van der Waals surface area (Å²) in [5.74, 6) is 0.137. The molecule has 0 aromatic carbocycles. The molecule has 1 rings (SSSR count). The lowest BCUT2D eigenvalue weighted by Crippen LogP contribution is -2.59. The summed E-state index contributed by atoms with van der Waals surface area (Å²) in [5.41, 5.74) is -1.59. The number of nitro groups is 1. The Bertz CT molecular complexity index is 206. The van der Waals surface area contributed by atoms with Crippen molar-refractivity contribution in [2.45, 2.75) is 44.4 Å². The van der Waals surface area contributed by atoms with Crippen LogP contribution in [0.2, 0.25) is 0 Å². The number of nitrogens with zero attached hydrogens (tertiary/aromatic N) is 1. The van der Waals surface area contributed by atoms with Gasteiger partial charge in [-0.25, -0.2) is 0 Å². The largest absolute Gasteiger partial charge is 0.386 e. The molecule has 13 heavy (non-hydrogen) atoms. The van der Waals surface area contributed by atoms with Crippen LogP contribution in [-0.4, -0.2) is 32.9 Å². The van der Waals surface area contributed by atoms with Crippen molar-refractivity contribution in [2.75, 3.05) is 0 Å². The smallest absolute Gasteiger partial charge is 0.270 e. The third-order valence-corrected chi connectivity index (χ3v) is 2.99. The predicted molar refractivity (Wildman–Crippen MR) is 45.8 cm³/mol. The number of rotatable bonds is 1. The fraction of sp³-hybridized carbons (Fsp3) is 1.00. The number of aliphatic hydroxyl groups excluding tert-OH is 2. The molecule has 2 atom stereocenters. The number of hydrogen-bond donors (Lipinski definition) is 2. The van der Waals surface area contributed by atoms with Crippen molar-refractivity contribution in [2.24, 2.45) is 5.92 Å². The third-order valence-electron chi connectivity index (χ3n) is 2.99. The first kappa shape index (κ1) is 10.4. The summed E-state index contributed by atoms with van der Waals surface area (Å²) in [6.45, 7) is 3.17. The van der Waals surface area contributed by atoms with Crippen molar-refractivity contribution in [1.29, 1.82) is 0 Å². The van der Waals surface area contributed by atoms with Gasteiger partial charge in [-0.15, -0.1) is 0 Å². The molecule has 0 heterocycles. The van der Waals surface area contributed by atoms with E-state index >= 15 is 0 Å². The Kier molecular flexibility index (Phi) is 2.58. The molecule has 2 unspecified atom stereocenters. The van der Waals surface area contributed by atoms with E-state index in [2.05, 4.69) is 0 Å². The van der Waals surface area contributed by atoms with E-state index in [1.54, 1.807) is 0 Å². The summed E-state index contributed by atoms with van der Waals surface area (Å²) in [7, 11) is 0. The molecule has 0 aromatic rings. The minimum absolute atomic E-state index is 0.137. The van der Waals surface area contributed by atoms with E-state index < -0.39 is 22.7 Å². The number of aliphatic hydroxyl groups is 2. The van der Waals surface area contributed by atoms with E-state index in [0.29, 0.717) is 12.8 Å². The standard InChI is InChI=1S/C8H15NO4/c1-5-3-6(10)8(2,9(12)13)7(11)4-5/h5-7,10-11H,3-4H2,1-2H3. The van der Waals surface area contributed by atoms with Crippen molar-refractivity contribution in [1.82, 2.24) is 0 Å². The van der Waals surface area contributed by atoms with Crippen molar-refractivity contribution < 1.29 is 15.1 Å². The quantitative estimate of drug-likeness (QED) is 0.455. The summed E-state index contributed by atoms with van der Waals surface area (Å²) in [5, 5.41) is 29.8. The zero-order chi connectivity index (χ0) is 10.2. The highest BCUT2D eigenvalue weighted by molar-refractivity contribution is 4.95. The van der Waals surface area contributed by atoms with E-state index in [1.807, 2.05) is 6.92 Å². The molecule has 0 radical (unpaired) electrons. The first-order valence-electron chi connectivity index (χ1n) is 4.39. The zero-order valence-electron chi connectivity index (χ0n) is 7.80. The Morgan fingerprint density at radius 3 is 2.08 bits per heavy atom. The summed E-state index contributed by atoms with van der Waals surface area (Å²) < 4.78 is 0. The minimum Gasteiger partial charge on any atom is -0.386 e. The van der Waals surface area contributed by atoms with Gasteiger partial charge in [0.1, 0.15) is 12.2 Å². The summed E-state index contributed by atoms with van der Waals surface area (Å²) >= 11 is 0. The molecule has 76 valence electrons. The maximum Gasteiger partial charge on any atom is 0.270 e. The van der Waals surface area contributed by atoms with Crippen LogP contribution in [0, 0.1) is 16.0 Å². The fourth-order valence-corrected chi connectivity index (χ4v) is 1.80. The van der Waals surface area contributed by atoms with E-state index in [4.69, 9.17) is 0 Å². The first-order valence-corrected chi connectivity index (χ1v) is 4.39. The second-order valence-corrected chi connectivity index (χ2v) is 4.09. The van der Waals surface area contributed by atoms with Crippen LogP contribution < -0.4 is 0 Å². The maximum atomic E-state index is 10.7. The summed E-state index contributed by atoms with van der Waals surface area (Å²) in [6.07, 6.45) is -1.34. The maximum absolute atomic E-state index is 10.7. The van der Waals surface area contributed by atoms with Gasteiger partial charge in [0.2, 0.25) is 0 Å². The molecule has 0 aliphatic heterocycles. The van der Waals surface area contributed by atoms with Crippen LogP contribution in [-0.2, 0) is 0 Å². The molecule has 1 fully saturated rings. The average Bonchev–Trinajstić information content (AvgIpc) is 1.99. The van der Waals surface area contributed by atoms with Crippen LogP contribution in [0.1, 0.15) is 26.7 Å². The van der Waals surface area contributed by atoms with E-state index in [0.717, 1.165) is 0 Å². The van der Waals surface area contributed by atoms with Gasteiger partial charge in [-0.3, -0.25) is 10.1 Å². The monoisotopic (exact) mass is 189 g/mol. The van der Waals surface area contributed by atoms with E-state index in [9.17, 15) is 20.3 Å². The summed E-state index contributed by atoms with van der Waals surface area (Å²) in [6, 6.07) is 0. The highest BCUT2D eigenvalue weighted by atomic mass is 16.6. The Hall–Kier alpha value is -0.680. The van der Waals surface area contributed by atoms with Gasteiger partial charge in [0, 0.05) is 11.8 Å². The second-order valence-electron chi connectivity index (χ2n) is 4.09. The van der Waals surface area contributed by atoms with Crippen molar-refractivity contribution in [3.63, 3.8) is 0 Å². The molecular weight excluding hydrogens is 174 g/mol. The van der Waals surface area contributed by atoms with E-state index in [1.165, 1.54) is 6.92 Å². The fourth-order valence-electron chi connectivity index (χ4n) is 1.80. The molecule has 2 N–H and O–H groups in total. The molecule has 1 aliphatic rings. The van der Waals surface area contributed by atoms with E-state index in [-0.39, 0.29) is 5.92 Å². The molecule has 1 saturated carbocycles. The van der Waals surface area contributed by atoms with Gasteiger partial charge < -0.3 is 10.2 Å². The van der Waals surface area contributed by atoms with Crippen LogP contribution >= 0.6 is 0 Å². The van der Waals surface area contributed by atoms with Crippen LogP contribution in [0.5, 0.6) is 0 Å². The molecule has 0 spiro atoms. The molecule has 0 bridgehead atoms. The SMILES string of the molecule is CC1CC(O)C(C)([N+](=O)[O-])C(O)C1. The predicted octanol–water partition coefficient (Wildman–Crippen LogP) is 0.173. The Labute approximate surface area is 76.5 Å². The average molecular weight is 189 g/mol. The lowest BCUT2D eigenvalue weighted by atomic mass is 9.74. The van der Waals surface area contributed by atoms with Crippen LogP contribution in [0.15, 0.2) is 0 Å². The third kappa shape index (κ3) is 1.53. The van der Waals surface area contributed by atoms with Crippen LogP contribution in [0.25, 0.3) is 0 Å². The molecule has 0 amide bonds. The Morgan fingerprint density at radius 1 is 1.38 bits per heavy atom. The molecule has 1 aliphatic carbocycles. The molecular formula is C8H15NO4. The van der Waals surface area contributed by atoms with Crippen LogP contribution in [0.4, 0.5) is 0 Å². The van der Waals surface area contributed by atoms with Crippen molar-refractivity contribution in [3.05, 3.63) is 10.1 Å². The molecule has 0 aromatic heterocycles. The van der Waals surface area contributed by atoms with Crippen LogP contribution in [0.3, 0.4) is 0 Å². The van der Waals surface area contributed by atoms with Crippen molar-refractivity contribution >= 4 is 0 Å². The normalized spacial score (nSPS) is 46.0. The Morgan fingerprint density at radius 2 is 1.77 bits per heavy atom. The van der Waals surface area contributed by atoms with Gasteiger partial charge >= 0.3 is 0 Å². The topological polar surface area (TPSA) is 83.6 Å². The highest BCUT2D eigenvalue weighted by Gasteiger charge is 2.55. The van der Waals surface area contributed by atoms with Gasteiger partial charge in [-0.2, -0.15) is 0 Å². The lowest BCUT2D eigenvalue weighted by molar-refractivity contribution is -0.595. The minimum atomic E-state index is -1.59. The number of hydrogen-bond acceptors (Lipinski definition) is 4. The molecule has 5 nitrogen and oxygen atoms in total. The van der Waals surface area contributed by atoms with Crippen molar-refractivity contribution in [3.8, 4) is 0 Å². The second kappa shape index (κ2) is 3.23. The Balaban J connectivity index is 2.89. The van der Waals surface area contributed by atoms with Gasteiger partial charge in [0.05, 0.1) is 0 Å². The van der Waals surface area contributed by atoms with Gasteiger partial charge in [0.15, 0.2) is 0 Å². The first-order chi connectivity index (χ1) is 5.89. The molecule has 0 saturated heterocycles. The van der Waals surface area contributed by atoms with Gasteiger partial charge in [0.25, 0.3) is 5.54 Å². The summed E-state index contributed by atoms with van der Waals surface area (Å²) in [4.78, 5) is 10.1. The van der Waals surface area contributed by atoms with Gasteiger partial charge in [-0.1, -0.05) is 6.92 Å². The molecule has 5 heteroatoms. The highest BCUT2D eigenvalue weighted by Crippen LogP contribution is 2.34. The van der Waals surface area contributed by atoms with Gasteiger partial charge in [-0.05, 0) is 18.8 Å². The lowest BCUT2D eigenvalue weighted by Gasteiger charge is -2.37. The zero-order valence-corrected chi connectivity index (χ0v) is 7.80.